The molecule has 62 heavy (non-hydrogen) atoms. The number of carbonyl (C=O) groups excluding carboxylic acids is 4. The Hall–Kier alpha value is -6.69. The predicted octanol–water partition coefficient (Wildman–Crippen LogP) is 4.91. The second-order valence-corrected chi connectivity index (χ2v) is 16.4. The van der Waals surface area contributed by atoms with Crippen molar-refractivity contribution in [1.82, 2.24) is 35.2 Å². The van der Waals surface area contributed by atoms with Gasteiger partial charge in [-0.3, -0.25) is 34.1 Å². The number of hydrogen-bond donors (Lipinski definition) is 3. The van der Waals surface area contributed by atoms with Crippen LogP contribution in [0, 0.1) is 17.2 Å². The maximum absolute atomic E-state index is 13.5. The Morgan fingerprint density at radius 3 is 2.29 bits per heavy atom. The van der Waals surface area contributed by atoms with Crippen molar-refractivity contribution in [2.45, 2.75) is 50.6 Å². The quantitative estimate of drug-likeness (QED) is 0.131. The van der Waals surface area contributed by atoms with Gasteiger partial charge in [-0.05, 0) is 84.7 Å². The van der Waals surface area contributed by atoms with Crippen LogP contribution in [0.25, 0.3) is 11.1 Å². The summed E-state index contributed by atoms with van der Waals surface area (Å²) in [7, 11) is 0. The van der Waals surface area contributed by atoms with Crippen molar-refractivity contribution in [3.63, 3.8) is 0 Å². The average Bonchev–Trinajstić information content (AvgIpc) is 3.77. The Balaban J connectivity index is 0.761. The first-order valence-electron chi connectivity index (χ1n) is 21.5. The van der Waals surface area contributed by atoms with Gasteiger partial charge in [-0.1, -0.05) is 54.6 Å². The van der Waals surface area contributed by atoms with Crippen LogP contribution in [0.4, 0.5) is 11.5 Å². The third-order valence-electron chi connectivity index (χ3n) is 12.3. The van der Waals surface area contributed by atoms with E-state index in [4.69, 9.17) is 5.26 Å². The summed E-state index contributed by atoms with van der Waals surface area (Å²) in [5.74, 6) is 0.155. The first kappa shape index (κ1) is 42.0. The fourth-order valence-corrected chi connectivity index (χ4v) is 8.64. The van der Waals surface area contributed by atoms with Gasteiger partial charge in [0.1, 0.15) is 18.4 Å². The van der Waals surface area contributed by atoms with Crippen LogP contribution in [0.1, 0.15) is 59.9 Å². The summed E-state index contributed by atoms with van der Waals surface area (Å²) in [6.45, 7) is 7.10. The van der Waals surface area contributed by atoms with Gasteiger partial charge in [-0.25, -0.2) is 4.98 Å². The highest BCUT2D eigenvalue weighted by atomic mass is 16.2. The number of likely N-dealkylation sites (tertiary alicyclic amines) is 1. The fourth-order valence-electron chi connectivity index (χ4n) is 8.64. The Morgan fingerprint density at radius 1 is 0.839 bits per heavy atom. The Morgan fingerprint density at radius 2 is 1.60 bits per heavy atom. The summed E-state index contributed by atoms with van der Waals surface area (Å²) < 4.78 is 1.68. The van der Waals surface area contributed by atoms with Gasteiger partial charge >= 0.3 is 0 Å². The van der Waals surface area contributed by atoms with Crippen molar-refractivity contribution >= 4 is 35.1 Å². The number of benzene rings is 3. The Bertz CT molecular complexity index is 2360. The van der Waals surface area contributed by atoms with E-state index in [9.17, 15) is 19.2 Å². The first-order chi connectivity index (χ1) is 30.3. The van der Waals surface area contributed by atoms with Crippen molar-refractivity contribution in [3.05, 3.63) is 132 Å². The lowest BCUT2D eigenvalue weighted by Crippen LogP contribution is -2.49. The molecule has 0 bridgehead atoms. The largest absolute Gasteiger partial charge is 0.369 e. The number of pyridine rings is 1. The number of imide groups is 1. The molecule has 318 valence electrons. The van der Waals surface area contributed by atoms with Gasteiger partial charge in [0, 0.05) is 88.0 Å². The lowest BCUT2D eigenvalue weighted by Gasteiger charge is -2.39. The lowest BCUT2D eigenvalue weighted by atomic mass is 9.90. The maximum atomic E-state index is 13.5. The molecule has 0 radical (unpaired) electrons. The van der Waals surface area contributed by atoms with E-state index in [1.165, 1.54) is 0 Å². The van der Waals surface area contributed by atoms with Gasteiger partial charge in [0.25, 0.3) is 0 Å². The normalized spacial score (nSPS) is 17.9. The Labute approximate surface area is 361 Å². The monoisotopic (exact) mass is 832 g/mol. The van der Waals surface area contributed by atoms with Crippen LogP contribution in [-0.4, -0.2) is 101 Å². The van der Waals surface area contributed by atoms with Crippen LogP contribution in [0.2, 0.25) is 0 Å². The second kappa shape index (κ2) is 19.8. The number of carbonyl (C=O) groups is 4. The smallest absolute Gasteiger partial charge is 0.247 e. The van der Waals surface area contributed by atoms with Crippen molar-refractivity contribution in [2.24, 2.45) is 5.92 Å². The third-order valence-corrected chi connectivity index (χ3v) is 12.3. The number of aromatic nitrogens is 3. The van der Waals surface area contributed by atoms with E-state index in [0.717, 1.165) is 92.2 Å². The Kier molecular flexibility index (Phi) is 13.4. The van der Waals surface area contributed by atoms with E-state index >= 15 is 0 Å². The summed E-state index contributed by atoms with van der Waals surface area (Å²) in [5, 5.41) is 22.4. The third kappa shape index (κ3) is 10.6. The van der Waals surface area contributed by atoms with Gasteiger partial charge in [-0.15, -0.1) is 0 Å². The van der Waals surface area contributed by atoms with E-state index in [1.807, 2.05) is 71.8 Å². The van der Waals surface area contributed by atoms with E-state index in [-0.39, 0.29) is 36.1 Å². The minimum atomic E-state index is -0.591. The molecular weight excluding hydrogens is 781 g/mol. The maximum Gasteiger partial charge on any atom is 0.247 e. The highest BCUT2D eigenvalue weighted by Gasteiger charge is 2.29. The SMILES string of the molecule is N#Cc1ccc(CCNC(C(=O)Nc2ccc(-c3cnn(CC(=O)N4CCC(CN5CCN(c6ccc(C7CCC(=O)NC7=O)cc6)CC5)CC4)c3)cn2)c2ccccc2)cc1. The molecule has 14 nitrogen and oxygen atoms in total. The standard InChI is InChI=1S/C48H52N10O4/c49-28-35-8-6-34(7-9-35)18-21-50-46(38-4-2-1-3-5-38)48(62)53-43-16-12-39(29-51-43)40-30-52-58(32-40)33-45(60)57-22-19-36(20-23-57)31-55-24-26-56(27-25-55)41-13-10-37(11-14-41)42-15-17-44(59)54-47(42)61/h1-14,16,29-30,32,36,42,46,50H,15,17-27,31,33H2,(H,51,53,62)(H,54,59,61). The molecule has 3 N–H and O–H groups in total. The summed E-state index contributed by atoms with van der Waals surface area (Å²) in [6, 6.07) is 30.4. The lowest BCUT2D eigenvalue weighted by molar-refractivity contribution is -0.135. The second-order valence-electron chi connectivity index (χ2n) is 16.4. The zero-order valence-electron chi connectivity index (χ0n) is 34.8. The molecule has 5 aromatic rings. The number of amides is 4. The van der Waals surface area contributed by atoms with Gasteiger partial charge in [-0.2, -0.15) is 10.4 Å². The number of piperazine rings is 1. The molecule has 0 saturated carbocycles. The molecular formula is C48H52N10O4. The molecule has 2 atom stereocenters. The van der Waals surface area contributed by atoms with Crippen LogP contribution < -0.4 is 20.9 Å². The van der Waals surface area contributed by atoms with Gasteiger partial charge in [0.15, 0.2) is 0 Å². The van der Waals surface area contributed by atoms with Gasteiger partial charge in [0.2, 0.25) is 23.6 Å². The molecule has 4 amide bonds. The topological polar surface area (TPSA) is 169 Å². The van der Waals surface area contributed by atoms with Gasteiger partial charge in [0.05, 0.1) is 23.7 Å². The number of piperidine rings is 2. The van der Waals surface area contributed by atoms with Crippen LogP contribution in [0.3, 0.4) is 0 Å². The zero-order chi connectivity index (χ0) is 42.8. The number of nitriles is 1. The molecule has 5 heterocycles. The molecule has 2 unspecified atom stereocenters. The minimum Gasteiger partial charge on any atom is -0.369 e. The first-order valence-corrected chi connectivity index (χ1v) is 21.5. The van der Waals surface area contributed by atoms with Crippen LogP contribution in [0.5, 0.6) is 0 Å². The zero-order valence-corrected chi connectivity index (χ0v) is 34.8. The van der Waals surface area contributed by atoms with Crippen molar-refractivity contribution in [1.29, 1.82) is 5.26 Å². The van der Waals surface area contributed by atoms with E-state index in [0.29, 0.717) is 43.1 Å². The molecule has 3 aliphatic rings. The van der Waals surface area contributed by atoms with Crippen LogP contribution in [0.15, 0.2) is 110 Å². The fraction of sp³-hybridized carbons (Fsp3) is 0.354. The number of anilines is 2. The summed E-state index contributed by atoms with van der Waals surface area (Å²) in [4.78, 5) is 62.1. The number of nitrogens with zero attached hydrogens (tertiary/aromatic N) is 7. The van der Waals surface area contributed by atoms with Crippen LogP contribution >= 0.6 is 0 Å². The molecule has 14 heteroatoms. The van der Waals surface area contributed by atoms with Gasteiger partial charge < -0.3 is 20.4 Å². The number of rotatable bonds is 14. The number of nitrogens with one attached hydrogen (secondary N) is 3. The van der Waals surface area contributed by atoms with E-state index in [2.05, 4.69) is 54.0 Å². The van der Waals surface area contributed by atoms with E-state index in [1.54, 1.807) is 35.3 Å². The highest BCUT2D eigenvalue weighted by Crippen LogP contribution is 2.28. The molecule has 3 saturated heterocycles. The molecule has 3 aromatic carbocycles. The predicted molar refractivity (Wildman–Crippen MR) is 236 cm³/mol. The summed E-state index contributed by atoms with van der Waals surface area (Å²) in [5.41, 5.74) is 6.30. The molecule has 8 rings (SSSR count). The average molecular weight is 833 g/mol. The summed E-state index contributed by atoms with van der Waals surface area (Å²) in [6.07, 6.45) is 8.88. The molecule has 3 aliphatic heterocycles. The summed E-state index contributed by atoms with van der Waals surface area (Å²) >= 11 is 0. The molecule has 2 aromatic heterocycles. The van der Waals surface area contributed by atoms with Crippen molar-refractivity contribution < 1.29 is 19.2 Å². The number of hydrogen-bond acceptors (Lipinski definition) is 10. The highest BCUT2D eigenvalue weighted by molar-refractivity contribution is 6.01. The van der Waals surface area contributed by atoms with E-state index < -0.39 is 6.04 Å². The van der Waals surface area contributed by atoms with Crippen molar-refractivity contribution in [3.8, 4) is 17.2 Å². The van der Waals surface area contributed by atoms with Crippen molar-refractivity contribution in [2.75, 3.05) is 62.6 Å². The van der Waals surface area contributed by atoms with Crippen LogP contribution in [-0.2, 0) is 32.1 Å². The minimum absolute atomic E-state index is 0.0602. The molecule has 3 fully saturated rings. The molecule has 0 aliphatic carbocycles. The molecule has 0 spiro atoms.